The summed E-state index contributed by atoms with van der Waals surface area (Å²) in [5.74, 6) is 0.729. The molecular weight excluding hydrogens is 640 g/mol. The first-order chi connectivity index (χ1) is 24.9. The molecule has 1 unspecified atom stereocenters. The monoisotopic (exact) mass is 674 g/mol. The highest BCUT2D eigenvalue weighted by molar-refractivity contribution is 5.83. The van der Waals surface area contributed by atoms with Gasteiger partial charge in [-0.3, -0.25) is 20.2 Å². The Morgan fingerprint density at radius 3 is 1.47 bits per heavy atom. The number of hydrogen-bond donors (Lipinski definition) is 0. The van der Waals surface area contributed by atoms with Crippen LogP contribution in [-0.2, 0) is 0 Å². The molecule has 3 atom stereocenters. The van der Waals surface area contributed by atoms with Crippen LogP contribution in [0.3, 0.4) is 0 Å². The van der Waals surface area contributed by atoms with Crippen LogP contribution in [0.5, 0.6) is 5.75 Å². The minimum Gasteiger partial charge on any atom is -0.497 e. The Bertz CT molecular complexity index is 2140. The summed E-state index contributed by atoms with van der Waals surface area (Å²) in [6.07, 6.45) is 2.26. The Morgan fingerprint density at radius 1 is 0.529 bits per heavy atom. The first-order valence-corrected chi connectivity index (χ1v) is 16.5. The molecule has 0 spiro atoms. The molecule has 0 bridgehead atoms. The fourth-order valence-electron chi connectivity index (χ4n) is 6.90. The number of non-ortho nitro benzene ring substituents is 2. The molecule has 7 rings (SSSR count). The smallest absolute Gasteiger partial charge is 0.269 e. The zero-order valence-electron chi connectivity index (χ0n) is 27.7. The standard InChI is InChI=1S/C42H34N4O5/c1-51-38-27-21-31(22-28-38)40-29-39(30-11-5-2-6-12-30)43(34-13-7-3-8-14-34)41(32-17-23-36(24-18-32)45(47)48)42(44(40)35-15-9-4-10-16-35)33-19-25-37(26-20-33)46(49)50/h2-29,40-42H,1H3/t40?,41-,42-/m0/s1. The quantitative estimate of drug-likeness (QED) is 0.111. The molecule has 0 saturated heterocycles. The lowest BCUT2D eigenvalue weighted by Crippen LogP contribution is -2.39. The van der Waals surface area contributed by atoms with Gasteiger partial charge < -0.3 is 14.5 Å². The predicted molar refractivity (Wildman–Crippen MR) is 200 cm³/mol. The van der Waals surface area contributed by atoms with Crippen molar-refractivity contribution in [2.75, 3.05) is 16.9 Å². The van der Waals surface area contributed by atoms with Crippen molar-refractivity contribution in [1.29, 1.82) is 0 Å². The van der Waals surface area contributed by atoms with Gasteiger partial charge in [0.1, 0.15) is 5.75 Å². The molecule has 0 radical (unpaired) electrons. The highest BCUT2D eigenvalue weighted by Gasteiger charge is 2.43. The SMILES string of the molecule is COc1ccc(C2C=C(c3ccccc3)N(c3ccccc3)[C@@H](c3ccc([N+](=O)[O-])cc3)[C@H](c3ccc([N+](=O)[O-])cc3)N2c2ccccc2)cc1. The summed E-state index contributed by atoms with van der Waals surface area (Å²) in [5, 5.41) is 23.7. The van der Waals surface area contributed by atoms with Crippen molar-refractivity contribution >= 4 is 28.4 Å². The zero-order valence-corrected chi connectivity index (χ0v) is 27.7. The lowest BCUT2D eigenvalue weighted by molar-refractivity contribution is -0.385. The van der Waals surface area contributed by atoms with E-state index in [2.05, 4.69) is 64.4 Å². The van der Waals surface area contributed by atoms with Gasteiger partial charge in [0.05, 0.1) is 35.1 Å². The van der Waals surface area contributed by atoms with Crippen molar-refractivity contribution in [3.8, 4) is 5.75 Å². The van der Waals surface area contributed by atoms with E-state index in [1.807, 2.05) is 91.0 Å². The van der Waals surface area contributed by atoms with Crippen molar-refractivity contribution < 1.29 is 14.6 Å². The molecule has 0 saturated carbocycles. The van der Waals surface area contributed by atoms with E-state index in [1.165, 1.54) is 24.3 Å². The number of nitro groups is 2. The Hall–Kier alpha value is -6.74. The number of nitro benzene ring substituents is 2. The van der Waals surface area contributed by atoms with Crippen molar-refractivity contribution in [1.82, 2.24) is 0 Å². The van der Waals surface area contributed by atoms with Gasteiger partial charge in [-0.2, -0.15) is 0 Å². The first-order valence-electron chi connectivity index (χ1n) is 16.5. The molecule has 6 aromatic carbocycles. The lowest BCUT2D eigenvalue weighted by atomic mass is 9.88. The molecule has 1 aliphatic heterocycles. The summed E-state index contributed by atoms with van der Waals surface area (Å²) in [6.45, 7) is 0. The molecule has 6 aromatic rings. The summed E-state index contributed by atoms with van der Waals surface area (Å²) in [5.41, 5.74) is 6.36. The summed E-state index contributed by atoms with van der Waals surface area (Å²) >= 11 is 0. The summed E-state index contributed by atoms with van der Waals surface area (Å²) in [6, 6.07) is 50.4. The molecule has 0 N–H and O–H groups in total. The number of ether oxygens (including phenoxy) is 1. The second kappa shape index (κ2) is 14.4. The van der Waals surface area contributed by atoms with Crippen LogP contribution in [-0.4, -0.2) is 17.0 Å². The third kappa shape index (κ3) is 6.65. The maximum Gasteiger partial charge on any atom is 0.269 e. The number of methoxy groups -OCH3 is 1. The van der Waals surface area contributed by atoms with Crippen LogP contribution < -0.4 is 14.5 Å². The lowest BCUT2D eigenvalue weighted by Gasteiger charge is -2.45. The van der Waals surface area contributed by atoms with E-state index in [9.17, 15) is 20.2 Å². The van der Waals surface area contributed by atoms with Crippen molar-refractivity contribution in [2.45, 2.75) is 18.1 Å². The molecule has 51 heavy (non-hydrogen) atoms. The maximum absolute atomic E-state index is 11.8. The summed E-state index contributed by atoms with van der Waals surface area (Å²) in [4.78, 5) is 27.5. The number of nitrogens with zero attached hydrogens (tertiary/aromatic N) is 4. The number of hydrogen-bond acceptors (Lipinski definition) is 7. The molecule has 9 heteroatoms. The number of benzene rings is 6. The van der Waals surface area contributed by atoms with E-state index in [1.54, 1.807) is 7.11 Å². The number of anilines is 2. The molecule has 1 aliphatic rings. The van der Waals surface area contributed by atoms with E-state index in [0.717, 1.165) is 45.1 Å². The molecule has 0 fully saturated rings. The van der Waals surface area contributed by atoms with Gasteiger partial charge in [0.2, 0.25) is 0 Å². The second-order valence-electron chi connectivity index (χ2n) is 12.2. The number of para-hydroxylation sites is 2. The Balaban J connectivity index is 1.61. The molecule has 0 amide bonds. The predicted octanol–water partition coefficient (Wildman–Crippen LogP) is 10.1. The normalized spacial score (nSPS) is 17.3. The van der Waals surface area contributed by atoms with Gasteiger partial charge in [-0.1, -0.05) is 103 Å². The third-order valence-corrected chi connectivity index (χ3v) is 9.26. The first kappa shape index (κ1) is 32.8. The van der Waals surface area contributed by atoms with Gasteiger partial charge >= 0.3 is 0 Å². The van der Waals surface area contributed by atoms with Crippen LogP contribution >= 0.6 is 0 Å². The molecule has 9 nitrogen and oxygen atoms in total. The van der Waals surface area contributed by atoms with E-state index < -0.39 is 21.9 Å². The fourth-order valence-corrected chi connectivity index (χ4v) is 6.90. The van der Waals surface area contributed by atoms with Crippen LogP contribution in [0.25, 0.3) is 5.70 Å². The highest BCUT2D eigenvalue weighted by atomic mass is 16.6. The van der Waals surface area contributed by atoms with Crippen LogP contribution in [0.15, 0.2) is 170 Å². The molecule has 0 aromatic heterocycles. The molecule has 252 valence electrons. The summed E-state index contributed by atoms with van der Waals surface area (Å²) < 4.78 is 5.54. The second-order valence-corrected chi connectivity index (χ2v) is 12.2. The molecule has 1 heterocycles. The van der Waals surface area contributed by atoms with Crippen LogP contribution in [0.1, 0.15) is 40.4 Å². The van der Waals surface area contributed by atoms with Gasteiger partial charge in [0, 0.05) is 41.3 Å². The van der Waals surface area contributed by atoms with Crippen molar-refractivity contribution in [2.24, 2.45) is 0 Å². The topological polar surface area (TPSA) is 102 Å². The van der Waals surface area contributed by atoms with Gasteiger partial charge in [-0.15, -0.1) is 0 Å². The minimum atomic E-state index is -0.496. The fraction of sp³-hybridized carbons (Fsp3) is 0.0952. The third-order valence-electron chi connectivity index (χ3n) is 9.26. The van der Waals surface area contributed by atoms with E-state index >= 15 is 0 Å². The largest absolute Gasteiger partial charge is 0.497 e. The highest BCUT2D eigenvalue weighted by Crippen LogP contribution is 2.52. The van der Waals surface area contributed by atoms with Gasteiger partial charge in [-0.05, 0) is 64.7 Å². The van der Waals surface area contributed by atoms with E-state index in [0.29, 0.717) is 0 Å². The average molecular weight is 675 g/mol. The minimum absolute atomic E-state index is 0.0135. The Kier molecular flexibility index (Phi) is 9.26. The van der Waals surface area contributed by atoms with Crippen LogP contribution in [0, 0.1) is 20.2 Å². The molecular formula is C42H34N4O5. The Morgan fingerprint density at radius 2 is 0.980 bits per heavy atom. The van der Waals surface area contributed by atoms with Crippen LogP contribution in [0.2, 0.25) is 0 Å². The number of rotatable bonds is 9. The Labute approximate surface area is 295 Å². The van der Waals surface area contributed by atoms with Gasteiger partial charge in [-0.25, -0.2) is 0 Å². The van der Waals surface area contributed by atoms with Crippen LogP contribution in [0.4, 0.5) is 22.7 Å². The zero-order chi connectivity index (χ0) is 35.3. The van der Waals surface area contributed by atoms with Crippen molar-refractivity contribution in [3.05, 3.63) is 212 Å². The van der Waals surface area contributed by atoms with E-state index in [4.69, 9.17) is 4.74 Å². The average Bonchev–Trinajstić information content (AvgIpc) is 3.34. The molecule has 0 aliphatic carbocycles. The summed E-state index contributed by atoms with van der Waals surface area (Å²) in [7, 11) is 1.64. The van der Waals surface area contributed by atoms with Crippen molar-refractivity contribution in [3.63, 3.8) is 0 Å². The van der Waals surface area contributed by atoms with Gasteiger partial charge in [0.25, 0.3) is 11.4 Å². The van der Waals surface area contributed by atoms with E-state index in [-0.39, 0.29) is 17.4 Å². The van der Waals surface area contributed by atoms with Gasteiger partial charge in [0.15, 0.2) is 0 Å². The maximum atomic E-state index is 11.8.